The first-order valence-electron chi connectivity index (χ1n) is 8.57. The molecule has 2 heterocycles. The summed E-state index contributed by atoms with van der Waals surface area (Å²) in [6.07, 6.45) is 1.68. The summed E-state index contributed by atoms with van der Waals surface area (Å²) < 4.78 is 6.22. The number of aromatic nitrogens is 1. The van der Waals surface area contributed by atoms with E-state index in [1.54, 1.807) is 19.4 Å². The minimum Gasteiger partial charge on any atom is -0.497 e. The van der Waals surface area contributed by atoms with Gasteiger partial charge in [-0.25, -0.2) is 4.98 Å². The number of hydrogen-bond donors (Lipinski definition) is 0. The molecule has 0 saturated heterocycles. The van der Waals surface area contributed by atoms with Crippen molar-refractivity contribution in [3.8, 4) is 5.75 Å². The van der Waals surface area contributed by atoms with E-state index in [2.05, 4.69) is 10.1 Å². The number of benzene rings is 2. The number of anilines is 1. The third-order valence-electron chi connectivity index (χ3n) is 4.09. The lowest BCUT2D eigenvalue weighted by molar-refractivity contribution is 0.0991. The smallest absolute Gasteiger partial charge is 0.290 e. The molecule has 7 heteroatoms. The van der Waals surface area contributed by atoms with Crippen molar-refractivity contribution in [1.29, 1.82) is 0 Å². The van der Waals surface area contributed by atoms with E-state index in [1.165, 1.54) is 33.2 Å². The fourth-order valence-electron chi connectivity index (χ4n) is 2.58. The van der Waals surface area contributed by atoms with Crippen LogP contribution in [-0.4, -0.2) is 24.2 Å². The highest BCUT2D eigenvalue weighted by molar-refractivity contribution is 7.22. The lowest BCUT2D eigenvalue weighted by Gasteiger charge is -2.12. The molecule has 0 atom stereocenters. The molecule has 2 aromatic carbocycles. The first-order valence-corrected chi connectivity index (χ1v) is 10.3. The van der Waals surface area contributed by atoms with Crippen molar-refractivity contribution in [1.82, 2.24) is 4.98 Å². The highest BCUT2D eigenvalue weighted by Gasteiger charge is 2.21. The van der Waals surface area contributed by atoms with E-state index in [4.69, 9.17) is 4.74 Å². The number of nitrogens with zero attached hydrogens (tertiary/aromatic N) is 3. The Bertz CT molecular complexity index is 1130. The van der Waals surface area contributed by atoms with Crippen LogP contribution in [0.2, 0.25) is 0 Å². The molecule has 0 aliphatic heterocycles. The second-order valence-corrected chi connectivity index (χ2v) is 8.04. The van der Waals surface area contributed by atoms with Crippen molar-refractivity contribution in [2.45, 2.75) is 6.92 Å². The van der Waals surface area contributed by atoms with Gasteiger partial charge in [-0.05, 0) is 42.1 Å². The third kappa shape index (κ3) is 3.81. The molecule has 0 aliphatic rings. The van der Waals surface area contributed by atoms with Gasteiger partial charge in [-0.15, -0.1) is 11.3 Å². The highest BCUT2D eigenvalue weighted by atomic mass is 32.1. The van der Waals surface area contributed by atoms with E-state index in [9.17, 15) is 4.79 Å². The summed E-state index contributed by atoms with van der Waals surface area (Å²) in [7, 11) is 1.63. The van der Waals surface area contributed by atoms with E-state index < -0.39 is 0 Å². The first kappa shape index (κ1) is 18.3. The average Bonchev–Trinajstić information content (AvgIpc) is 3.38. The minimum atomic E-state index is -0.204. The third-order valence-corrected chi connectivity index (χ3v) is 5.94. The number of hydrogen-bond acceptors (Lipinski definition) is 6. The lowest BCUT2D eigenvalue weighted by Crippen LogP contribution is -2.24. The number of hydrazone groups is 1. The Morgan fingerprint density at radius 1 is 1.18 bits per heavy atom. The summed E-state index contributed by atoms with van der Waals surface area (Å²) in [5.41, 5.74) is 2.89. The molecule has 0 spiro atoms. The van der Waals surface area contributed by atoms with E-state index in [0.717, 1.165) is 21.5 Å². The zero-order chi connectivity index (χ0) is 19.5. The molecule has 0 radical (unpaired) electrons. The van der Waals surface area contributed by atoms with Crippen molar-refractivity contribution >= 4 is 50.1 Å². The van der Waals surface area contributed by atoms with Crippen molar-refractivity contribution in [3.05, 3.63) is 76.0 Å². The molecule has 0 fully saturated rings. The Morgan fingerprint density at radius 2 is 2.00 bits per heavy atom. The van der Waals surface area contributed by atoms with Gasteiger partial charge in [0.2, 0.25) is 5.13 Å². The number of carbonyl (C=O) groups is 1. The number of ether oxygens (including phenoxy) is 1. The van der Waals surface area contributed by atoms with E-state index >= 15 is 0 Å². The number of carbonyl (C=O) groups excluding carboxylic acids is 1. The summed E-state index contributed by atoms with van der Waals surface area (Å²) in [5, 5.41) is 8.23. The van der Waals surface area contributed by atoms with Crippen LogP contribution in [0, 0.1) is 6.92 Å². The van der Waals surface area contributed by atoms with Crippen LogP contribution in [0.15, 0.2) is 65.1 Å². The van der Waals surface area contributed by atoms with Crippen molar-refractivity contribution < 1.29 is 9.53 Å². The molecule has 0 bridgehead atoms. The van der Waals surface area contributed by atoms with Crippen LogP contribution >= 0.6 is 22.7 Å². The molecule has 0 aliphatic carbocycles. The van der Waals surface area contributed by atoms with Gasteiger partial charge in [-0.2, -0.15) is 10.1 Å². The molecule has 2 aromatic heterocycles. The van der Waals surface area contributed by atoms with Crippen LogP contribution in [0.3, 0.4) is 0 Å². The van der Waals surface area contributed by atoms with E-state index in [1.807, 2.05) is 60.8 Å². The normalized spacial score (nSPS) is 11.2. The van der Waals surface area contributed by atoms with Crippen LogP contribution in [0.4, 0.5) is 5.13 Å². The molecule has 4 aromatic rings. The minimum absolute atomic E-state index is 0.204. The number of fused-ring (bicyclic) bond motifs is 1. The van der Waals surface area contributed by atoms with Gasteiger partial charge < -0.3 is 4.74 Å². The fourth-order valence-corrected chi connectivity index (χ4v) is 4.18. The Hall–Kier alpha value is -3.03. The van der Waals surface area contributed by atoms with Gasteiger partial charge >= 0.3 is 0 Å². The number of rotatable bonds is 5. The highest BCUT2D eigenvalue weighted by Crippen LogP contribution is 2.32. The molecule has 1 amide bonds. The molecule has 28 heavy (non-hydrogen) atoms. The topological polar surface area (TPSA) is 54.8 Å². The Kier molecular flexibility index (Phi) is 5.18. The molecule has 140 valence electrons. The second-order valence-electron chi connectivity index (χ2n) is 6.08. The van der Waals surface area contributed by atoms with Crippen LogP contribution in [0.25, 0.3) is 10.2 Å². The van der Waals surface area contributed by atoms with Gasteiger partial charge in [0.1, 0.15) is 5.75 Å². The van der Waals surface area contributed by atoms with Crippen LogP contribution in [-0.2, 0) is 0 Å². The number of thiazole rings is 1. The van der Waals surface area contributed by atoms with Crippen molar-refractivity contribution in [2.24, 2.45) is 5.10 Å². The van der Waals surface area contributed by atoms with E-state index in [-0.39, 0.29) is 5.91 Å². The standard InChI is InChI=1S/C21H17N3O2S2/c1-14-5-7-15(8-6-14)13-22-24(20(25)18-4-3-11-27-18)21-23-17-10-9-16(26-2)12-19(17)28-21/h3-13H,1-2H3/b22-13-. The van der Waals surface area contributed by atoms with Crippen LogP contribution < -0.4 is 9.75 Å². The number of aryl methyl sites for hydroxylation is 1. The Morgan fingerprint density at radius 3 is 2.71 bits per heavy atom. The fraction of sp³-hybridized carbons (Fsp3) is 0.0952. The summed E-state index contributed by atoms with van der Waals surface area (Å²) in [6.45, 7) is 2.03. The van der Waals surface area contributed by atoms with Gasteiger partial charge in [0.25, 0.3) is 5.91 Å². The first-order chi connectivity index (χ1) is 13.6. The second kappa shape index (κ2) is 7.92. The van der Waals surface area contributed by atoms with Gasteiger partial charge in [-0.3, -0.25) is 4.79 Å². The molecular weight excluding hydrogens is 390 g/mol. The quantitative estimate of drug-likeness (QED) is 0.331. The number of methoxy groups -OCH3 is 1. The zero-order valence-electron chi connectivity index (χ0n) is 15.3. The predicted molar refractivity (Wildman–Crippen MR) is 116 cm³/mol. The molecule has 0 unspecified atom stereocenters. The largest absolute Gasteiger partial charge is 0.497 e. The van der Waals surface area contributed by atoms with E-state index in [0.29, 0.717) is 10.0 Å². The van der Waals surface area contributed by atoms with Crippen LogP contribution in [0.1, 0.15) is 20.8 Å². The maximum absolute atomic E-state index is 13.0. The van der Waals surface area contributed by atoms with Crippen molar-refractivity contribution in [3.63, 3.8) is 0 Å². The van der Waals surface area contributed by atoms with Crippen LogP contribution in [0.5, 0.6) is 5.75 Å². The SMILES string of the molecule is COc1ccc2nc(N(/N=C\c3ccc(C)cc3)C(=O)c3cccs3)sc2c1. The van der Waals surface area contributed by atoms with Crippen molar-refractivity contribution in [2.75, 3.05) is 12.1 Å². The maximum Gasteiger partial charge on any atom is 0.290 e. The summed E-state index contributed by atoms with van der Waals surface area (Å²) in [5.74, 6) is 0.548. The van der Waals surface area contributed by atoms with Gasteiger partial charge in [0, 0.05) is 0 Å². The number of amides is 1. The predicted octanol–water partition coefficient (Wildman–Crippen LogP) is 5.36. The Labute approximate surface area is 170 Å². The lowest BCUT2D eigenvalue weighted by atomic mass is 10.2. The zero-order valence-corrected chi connectivity index (χ0v) is 17.0. The molecule has 5 nitrogen and oxygen atoms in total. The molecule has 0 N–H and O–H groups in total. The van der Waals surface area contributed by atoms with Gasteiger partial charge in [-0.1, -0.05) is 47.2 Å². The molecule has 0 saturated carbocycles. The maximum atomic E-state index is 13.0. The molecular formula is C21H17N3O2S2. The monoisotopic (exact) mass is 407 g/mol. The van der Waals surface area contributed by atoms with Gasteiger partial charge in [0.15, 0.2) is 0 Å². The number of thiophene rings is 1. The summed E-state index contributed by atoms with van der Waals surface area (Å²) >= 11 is 2.79. The van der Waals surface area contributed by atoms with Gasteiger partial charge in [0.05, 0.1) is 28.4 Å². The summed E-state index contributed by atoms with van der Waals surface area (Å²) in [6, 6.07) is 17.2. The molecule has 4 rings (SSSR count). The Balaban J connectivity index is 1.74. The summed E-state index contributed by atoms with van der Waals surface area (Å²) in [4.78, 5) is 18.3. The average molecular weight is 408 g/mol.